The van der Waals surface area contributed by atoms with Crippen LogP contribution in [-0.2, 0) is 4.79 Å². The third kappa shape index (κ3) is 6.02. The van der Waals surface area contributed by atoms with Crippen LogP contribution in [0.4, 0.5) is 0 Å². The summed E-state index contributed by atoms with van der Waals surface area (Å²) in [6.07, 6.45) is 5.06. The molecule has 1 saturated heterocycles. The summed E-state index contributed by atoms with van der Waals surface area (Å²) in [5.74, 6) is 1.08. The first-order chi connectivity index (χ1) is 11.7. The lowest BCUT2D eigenvalue weighted by Gasteiger charge is -2.41. The van der Waals surface area contributed by atoms with Gasteiger partial charge in [-0.15, -0.1) is 24.8 Å². The molecule has 1 aliphatic heterocycles. The van der Waals surface area contributed by atoms with E-state index < -0.39 is 5.54 Å². The van der Waals surface area contributed by atoms with E-state index in [4.69, 9.17) is 10.5 Å². The van der Waals surface area contributed by atoms with Crippen molar-refractivity contribution in [1.29, 1.82) is 0 Å². The molecule has 1 aliphatic carbocycles. The van der Waals surface area contributed by atoms with Crippen molar-refractivity contribution in [3.05, 3.63) is 30.3 Å². The number of ether oxygens (including phenoxy) is 1. The fourth-order valence-electron chi connectivity index (χ4n) is 3.70. The maximum Gasteiger partial charge on any atom is 0.242 e. The first-order valence-corrected chi connectivity index (χ1v) is 9.16. The van der Waals surface area contributed by atoms with E-state index >= 15 is 0 Å². The van der Waals surface area contributed by atoms with E-state index in [-0.39, 0.29) is 30.7 Å². The van der Waals surface area contributed by atoms with E-state index in [1.54, 1.807) is 0 Å². The Kier molecular flexibility index (Phi) is 9.72. The van der Waals surface area contributed by atoms with Crippen molar-refractivity contribution in [1.82, 2.24) is 9.80 Å². The van der Waals surface area contributed by atoms with Crippen LogP contribution in [-0.4, -0.2) is 60.6 Å². The summed E-state index contributed by atoms with van der Waals surface area (Å²) in [5.41, 5.74) is 5.79. The number of carbonyl (C=O) groups excluding carboxylic acids is 1. The number of amides is 1. The van der Waals surface area contributed by atoms with E-state index in [0.717, 1.165) is 64.2 Å². The van der Waals surface area contributed by atoms with Crippen LogP contribution in [0.5, 0.6) is 5.75 Å². The predicted molar refractivity (Wildman–Crippen MR) is 109 cm³/mol. The van der Waals surface area contributed by atoms with Crippen LogP contribution in [0.15, 0.2) is 30.3 Å². The SMILES string of the molecule is Cl.Cl.NC1(C(=O)N2CCN(CCOc3ccccc3)CC2)CCCCC1. The number of hydrogen-bond acceptors (Lipinski definition) is 4. The molecule has 1 saturated carbocycles. The molecule has 7 heteroatoms. The number of benzene rings is 1. The fraction of sp³-hybridized carbons (Fsp3) is 0.632. The van der Waals surface area contributed by atoms with Gasteiger partial charge in [0.15, 0.2) is 0 Å². The van der Waals surface area contributed by atoms with Crippen LogP contribution in [0.2, 0.25) is 0 Å². The summed E-state index contributed by atoms with van der Waals surface area (Å²) < 4.78 is 5.75. The molecular weight excluding hydrogens is 373 g/mol. The van der Waals surface area contributed by atoms with Gasteiger partial charge in [-0.2, -0.15) is 0 Å². The van der Waals surface area contributed by atoms with Crippen LogP contribution in [0.25, 0.3) is 0 Å². The summed E-state index contributed by atoms with van der Waals surface area (Å²) in [5, 5.41) is 0. The van der Waals surface area contributed by atoms with Crippen molar-refractivity contribution in [2.24, 2.45) is 5.73 Å². The minimum atomic E-state index is -0.600. The molecule has 1 aromatic rings. The van der Waals surface area contributed by atoms with Gasteiger partial charge in [-0.3, -0.25) is 9.69 Å². The third-order valence-electron chi connectivity index (χ3n) is 5.25. The van der Waals surface area contributed by atoms with E-state index in [1.165, 1.54) is 6.42 Å². The summed E-state index contributed by atoms with van der Waals surface area (Å²) in [6, 6.07) is 9.89. The molecule has 1 aromatic carbocycles. The quantitative estimate of drug-likeness (QED) is 0.820. The summed E-state index contributed by atoms with van der Waals surface area (Å²) in [4.78, 5) is 17.1. The largest absolute Gasteiger partial charge is 0.492 e. The standard InChI is InChI=1S/C19H29N3O2.2ClH/c20-19(9-5-2-6-10-19)18(23)22-13-11-21(12-14-22)15-16-24-17-7-3-1-4-8-17;;/h1,3-4,7-8H,2,5-6,9-16,20H2;2*1H. The fourth-order valence-corrected chi connectivity index (χ4v) is 3.70. The molecule has 0 spiro atoms. The molecule has 26 heavy (non-hydrogen) atoms. The second kappa shape index (κ2) is 11.0. The Morgan fingerprint density at radius 1 is 1.00 bits per heavy atom. The zero-order chi connectivity index (χ0) is 16.8. The second-order valence-corrected chi connectivity index (χ2v) is 7.01. The van der Waals surface area contributed by atoms with Gasteiger partial charge in [0.25, 0.3) is 0 Å². The molecule has 0 unspecified atom stereocenters. The highest BCUT2D eigenvalue weighted by Crippen LogP contribution is 2.28. The van der Waals surface area contributed by atoms with Gasteiger partial charge < -0.3 is 15.4 Å². The Hall–Kier alpha value is -1.01. The summed E-state index contributed by atoms with van der Waals surface area (Å²) in [7, 11) is 0. The lowest BCUT2D eigenvalue weighted by Crippen LogP contribution is -2.60. The smallest absolute Gasteiger partial charge is 0.242 e. The molecule has 1 amide bonds. The summed E-state index contributed by atoms with van der Waals surface area (Å²) in [6.45, 7) is 4.94. The number of nitrogens with zero attached hydrogens (tertiary/aromatic N) is 2. The van der Waals surface area contributed by atoms with Gasteiger partial charge in [0.1, 0.15) is 12.4 Å². The monoisotopic (exact) mass is 403 g/mol. The Labute approximate surface area is 169 Å². The molecule has 2 fully saturated rings. The lowest BCUT2D eigenvalue weighted by molar-refractivity contribution is -0.140. The predicted octanol–water partition coefficient (Wildman–Crippen LogP) is 2.71. The molecule has 5 nitrogen and oxygen atoms in total. The van der Waals surface area contributed by atoms with Gasteiger partial charge in [0, 0.05) is 32.7 Å². The first-order valence-electron chi connectivity index (χ1n) is 9.16. The van der Waals surface area contributed by atoms with E-state index in [0.29, 0.717) is 6.61 Å². The molecule has 3 rings (SSSR count). The van der Waals surface area contributed by atoms with E-state index in [2.05, 4.69) is 4.90 Å². The zero-order valence-electron chi connectivity index (χ0n) is 15.3. The molecule has 0 bridgehead atoms. The maximum absolute atomic E-state index is 12.7. The zero-order valence-corrected chi connectivity index (χ0v) is 16.9. The van der Waals surface area contributed by atoms with Crippen LogP contribution in [0.1, 0.15) is 32.1 Å². The maximum atomic E-state index is 12.7. The van der Waals surface area contributed by atoms with Crippen molar-refractivity contribution < 1.29 is 9.53 Å². The molecule has 2 aliphatic rings. The Bertz CT molecular complexity index is 531. The highest BCUT2D eigenvalue weighted by Gasteiger charge is 2.39. The van der Waals surface area contributed by atoms with Gasteiger partial charge in [-0.25, -0.2) is 0 Å². The highest BCUT2D eigenvalue weighted by molar-refractivity contribution is 5.86. The number of rotatable bonds is 5. The topological polar surface area (TPSA) is 58.8 Å². The van der Waals surface area contributed by atoms with E-state index in [9.17, 15) is 4.79 Å². The highest BCUT2D eigenvalue weighted by atomic mass is 35.5. The molecule has 148 valence electrons. The Morgan fingerprint density at radius 3 is 2.23 bits per heavy atom. The van der Waals surface area contributed by atoms with Crippen molar-refractivity contribution in [3.63, 3.8) is 0 Å². The lowest BCUT2D eigenvalue weighted by atomic mass is 9.81. The minimum Gasteiger partial charge on any atom is -0.492 e. The number of carbonyl (C=O) groups is 1. The van der Waals surface area contributed by atoms with E-state index in [1.807, 2.05) is 35.2 Å². The molecule has 0 radical (unpaired) electrons. The minimum absolute atomic E-state index is 0. The van der Waals surface area contributed by atoms with Crippen LogP contribution in [0.3, 0.4) is 0 Å². The van der Waals surface area contributed by atoms with Crippen LogP contribution >= 0.6 is 24.8 Å². The number of hydrogen-bond donors (Lipinski definition) is 1. The average Bonchev–Trinajstić information content (AvgIpc) is 2.63. The molecular formula is C19H31Cl2N3O2. The van der Waals surface area contributed by atoms with Gasteiger partial charge >= 0.3 is 0 Å². The van der Waals surface area contributed by atoms with Gasteiger partial charge in [-0.1, -0.05) is 37.5 Å². The van der Waals surface area contributed by atoms with Crippen molar-refractivity contribution in [2.75, 3.05) is 39.3 Å². The Balaban J connectivity index is 0.00000169. The number of halogens is 2. The third-order valence-corrected chi connectivity index (χ3v) is 5.25. The normalized spacial score (nSPS) is 19.8. The van der Waals surface area contributed by atoms with Crippen LogP contribution < -0.4 is 10.5 Å². The van der Waals surface area contributed by atoms with Gasteiger partial charge in [-0.05, 0) is 25.0 Å². The number of piperazine rings is 1. The second-order valence-electron chi connectivity index (χ2n) is 7.01. The number of para-hydroxylation sites is 1. The first kappa shape index (κ1) is 23.0. The molecule has 0 aromatic heterocycles. The van der Waals surface area contributed by atoms with Gasteiger partial charge in [0.2, 0.25) is 5.91 Å². The van der Waals surface area contributed by atoms with Crippen molar-refractivity contribution in [2.45, 2.75) is 37.6 Å². The molecule has 1 heterocycles. The average molecular weight is 404 g/mol. The molecule has 2 N–H and O–H groups in total. The molecule has 0 atom stereocenters. The van der Waals surface area contributed by atoms with Crippen molar-refractivity contribution in [3.8, 4) is 5.75 Å². The van der Waals surface area contributed by atoms with Crippen LogP contribution in [0, 0.1) is 0 Å². The van der Waals surface area contributed by atoms with Gasteiger partial charge in [0.05, 0.1) is 5.54 Å². The Morgan fingerprint density at radius 2 is 1.62 bits per heavy atom. The summed E-state index contributed by atoms with van der Waals surface area (Å²) >= 11 is 0. The number of nitrogens with two attached hydrogens (primary N) is 1. The van der Waals surface area contributed by atoms with Crippen molar-refractivity contribution >= 4 is 30.7 Å².